The molecule has 6 aromatic carbocycles. The minimum absolute atomic E-state index is 0.103. The van der Waals surface area contributed by atoms with Crippen molar-refractivity contribution < 1.29 is 21.9 Å². The SMILES string of the molecule is [2H]c1c([2H])c([2H])c2c(c1[2H])-c1c(c([2H])c3c4c([2H])c([2H])c([2H])c([2H])c4n(-c4nc(-c5ccccc5)nc(-c5ccc(-c6ccccc6)cc5)n4)c3c1[2H])C2(C([2H])([2H])[2H])C([2H])([2H])[2H]. The van der Waals surface area contributed by atoms with Gasteiger partial charge in [0.1, 0.15) is 0 Å². The van der Waals surface area contributed by atoms with Crippen molar-refractivity contribution in [3.05, 3.63) is 156 Å². The highest BCUT2D eigenvalue weighted by molar-refractivity contribution is 6.11. The zero-order valence-electron chi connectivity index (χ0n) is 39.9. The van der Waals surface area contributed by atoms with Crippen molar-refractivity contribution in [2.24, 2.45) is 0 Å². The molecule has 0 saturated carbocycles. The summed E-state index contributed by atoms with van der Waals surface area (Å²) in [6, 6.07) is 17.7. The van der Waals surface area contributed by atoms with E-state index in [1.54, 1.807) is 42.5 Å². The van der Waals surface area contributed by atoms with Crippen LogP contribution in [0.2, 0.25) is 0 Å². The molecule has 4 heteroatoms. The van der Waals surface area contributed by atoms with Crippen molar-refractivity contribution >= 4 is 21.8 Å². The van der Waals surface area contributed by atoms with Gasteiger partial charge in [-0.2, -0.15) is 9.97 Å². The van der Waals surface area contributed by atoms with Crippen molar-refractivity contribution in [2.45, 2.75) is 19.1 Å². The molecule has 0 unspecified atom stereocenters. The first-order valence-corrected chi connectivity index (χ1v) is 14.4. The van der Waals surface area contributed by atoms with Crippen molar-refractivity contribution in [1.29, 1.82) is 0 Å². The topological polar surface area (TPSA) is 43.6 Å². The molecule has 0 aliphatic heterocycles. The predicted molar refractivity (Wildman–Crippen MR) is 188 cm³/mol. The molecule has 0 atom stereocenters. The van der Waals surface area contributed by atoms with Gasteiger partial charge in [-0.3, -0.25) is 4.57 Å². The Morgan fingerprint density at radius 3 is 1.89 bits per heavy atom. The van der Waals surface area contributed by atoms with Gasteiger partial charge in [0.2, 0.25) is 5.95 Å². The van der Waals surface area contributed by atoms with Gasteiger partial charge in [0.15, 0.2) is 11.6 Å². The van der Waals surface area contributed by atoms with Crippen LogP contribution in [-0.2, 0) is 5.41 Å². The average Bonchev–Trinajstić information content (AvgIpc) is 3.81. The smallest absolute Gasteiger partial charge is 0.238 e. The molecule has 9 rings (SSSR count). The summed E-state index contributed by atoms with van der Waals surface area (Å²) in [5.74, 6) is -0.0769. The van der Waals surface area contributed by atoms with E-state index in [-0.39, 0.29) is 34.0 Å². The normalized spacial score (nSPS) is 18.7. The summed E-state index contributed by atoms with van der Waals surface area (Å²) in [6.07, 6.45) is 0. The molecule has 0 spiro atoms. The molecular weight excluding hydrogens is 560 g/mol. The molecule has 8 aromatic rings. The first-order chi connectivity index (χ1) is 29.2. The molecule has 1 aliphatic carbocycles. The Morgan fingerprint density at radius 1 is 0.543 bits per heavy atom. The van der Waals surface area contributed by atoms with Gasteiger partial charge < -0.3 is 0 Å². The van der Waals surface area contributed by atoms with Crippen LogP contribution in [0.3, 0.4) is 0 Å². The van der Waals surface area contributed by atoms with E-state index in [2.05, 4.69) is 0 Å². The first-order valence-electron chi connectivity index (χ1n) is 22.4. The lowest BCUT2D eigenvalue weighted by Crippen LogP contribution is -2.14. The third-order valence-electron chi connectivity index (χ3n) is 8.14. The van der Waals surface area contributed by atoms with Crippen molar-refractivity contribution in [3.8, 4) is 51.0 Å². The average molecular weight is 607 g/mol. The Hall–Kier alpha value is -5.87. The summed E-state index contributed by atoms with van der Waals surface area (Å²) < 4.78 is 144. The Balaban J connectivity index is 1.49. The van der Waals surface area contributed by atoms with Gasteiger partial charge in [0.25, 0.3) is 0 Å². The van der Waals surface area contributed by atoms with Gasteiger partial charge in [-0.05, 0) is 51.5 Å². The van der Waals surface area contributed by atoms with E-state index in [1.165, 1.54) is 0 Å². The highest BCUT2D eigenvalue weighted by Crippen LogP contribution is 2.50. The van der Waals surface area contributed by atoms with E-state index >= 15 is 0 Å². The molecule has 0 amide bonds. The fourth-order valence-electron chi connectivity index (χ4n) is 5.93. The summed E-state index contributed by atoms with van der Waals surface area (Å²) in [5, 5.41) is -0.810. The Labute approximate surface area is 290 Å². The molecule has 0 bridgehead atoms. The molecule has 4 nitrogen and oxygen atoms in total. The second-order valence-electron chi connectivity index (χ2n) is 10.9. The van der Waals surface area contributed by atoms with Crippen molar-refractivity contribution in [3.63, 3.8) is 0 Å². The Bertz CT molecular complexity index is 3180. The van der Waals surface area contributed by atoms with Crippen LogP contribution in [0.5, 0.6) is 0 Å². The third kappa shape index (κ3) is 4.04. The summed E-state index contributed by atoms with van der Waals surface area (Å²) in [7, 11) is 0. The number of nitrogens with zero attached hydrogens (tertiary/aromatic N) is 4. The number of aromatic nitrogens is 4. The Kier molecular flexibility index (Phi) is 3.27. The fraction of sp³-hybridized carbons (Fsp3) is 0.0714. The monoisotopic (exact) mass is 606 g/mol. The van der Waals surface area contributed by atoms with Gasteiger partial charge in [-0.25, -0.2) is 4.98 Å². The highest BCUT2D eigenvalue weighted by atomic mass is 15.2. The number of para-hydroxylation sites is 1. The van der Waals surface area contributed by atoms with Gasteiger partial charge in [-0.15, -0.1) is 0 Å². The lowest BCUT2D eigenvalue weighted by Gasteiger charge is -2.21. The van der Waals surface area contributed by atoms with Crippen molar-refractivity contribution in [1.82, 2.24) is 19.5 Å². The second kappa shape index (κ2) is 10.1. The molecule has 2 aromatic heterocycles. The molecule has 1 aliphatic rings. The molecule has 218 valence electrons. The van der Waals surface area contributed by atoms with E-state index in [0.717, 1.165) is 15.7 Å². The molecule has 0 saturated heterocycles. The minimum Gasteiger partial charge on any atom is -0.278 e. The summed E-state index contributed by atoms with van der Waals surface area (Å²) in [5.41, 5.74) is -3.95. The molecular formula is C42H30N4. The minimum atomic E-state index is -3.63. The maximum atomic E-state index is 9.93. The van der Waals surface area contributed by atoms with E-state index < -0.39 is 107 Å². The highest BCUT2D eigenvalue weighted by Gasteiger charge is 2.36. The molecule has 0 N–H and O–H groups in total. The lowest BCUT2D eigenvalue weighted by molar-refractivity contribution is 0.661. The zero-order chi connectivity index (χ0) is 44.5. The first kappa shape index (κ1) is 14.9. The number of hydrogen-bond donors (Lipinski definition) is 0. The van der Waals surface area contributed by atoms with Crippen molar-refractivity contribution in [2.75, 3.05) is 0 Å². The second-order valence-corrected chi connectivity index (χ2v) is 10.9. The van der Waals surface area contributed by atoms with Gasteiger partial charge >= 0.3 is 0 Å². The maximum absolute atomic E-state index is 9.93. The van der Waals surface area contributed by atoms with Gasteiger partial charge in [0, 0.05) is 35.5 Å². The largest absolute Gasteiger partial charge is 0.278 e. The summed E-state index contributed by atoms with van der Waals surface area (Å²) >= 11 is 0. The van der Waals surface area contributed by atoms with E-state index in [4.69, 9.17) is 32.8 Å². The van der Waals surface area contributed by atoms with Crippen LogP contribution in [0.1, 0.15) is 46.8 Å². The van der Waals surface area contributed by atoms with Gasteiger partial charge in [0.05, 0.1) is 24.7 Å². The number of hydrogen-bond acceptors (Lipinski definition) is 3. The van der Waals surface area contributed by atoms with Crippen LogP contribution < -0.4 is 0 Å². The van der Waals surface area contributed by atoms with Crippen LogP contribution in [0.25, 0.3) is 72.8 Å². The maximum Gasteiger partial charge on any atom is 0.238 e. The van der Waals surface area contributed by atoms with E-state index in [0.29, 0.717) is 11.1 Å². The standard InChI is InChI=1S/C42H30N4/c1-42(2)35-19-11-9-17-31(35)33-26-38-34(25-36(33)42)32-18-10-12-20-37(32)46(38)41-44-39(29-15-7-4-8-16-29)43-40(45-41)30-23-21-28(22-24-30)27-13-5-3-6-14-27/h3-26H,1-2H3/i1D3,2D3,9D,10D,11D,12D,17D,18D,19D,20D,25D,26D. The lowest BCUT2D eigenvalue weighted by atomic mass is 9.82. The zero-order valence-corrected chi connectivity index (χ0v) is 23.9. The number of rotatable bonds is 4. The summed E-state index contributed by atoms with van der Waals surface area (Å²) in [4.78, 5) is 14.4. The molecule has 0 radical (unpaired) electrons. The molecule has 46 heavy (non-hydrogen) atoms. The van der Waals surface area contributed by atoms with Crippen LogP contribution >= 0.6 is 0 Å². The number of fused-ring (bicyclic) bond motifs is 6. The molecule has 0 fully saturated rings. The predicted octanol–water partition coefficient (Wildman–Crippen LogP) is 10.3. The third-order valence-corrected chi connectivity index (χ3v) is 8.14. The van der Waals surface area contributed by atoms with Crippen LogP contribution in [-0.4, -0.2) is 19.5 Å². The fourth-order valence-corrected chi connectivity index (χ4v) is 5.93. The van der Waals surface area contributed by atoms with Crippen LogP contribution in [0.15, 0.2) is 145 Å². The van der Waals surface area contributed by atoms with Gasteiger partial charge in [-0.1, -0.05) is 141 Å². The van der Waals surface area contributed by atoms with E-state index in [9.17, 15) is 4.11 Å². The van der Waals surface area contributed by atoms with Crippen LogP contribution in [0.4, 0.5) is 0 Å². The molecule has 2 heterocycles. The summed E-state index contributed by atoms with van der Waals surface area (Å²) in [6.45, 7) is -7.26. The number of benzene rings is 6. The quantitative estimate of drug-likeness (QED) is 0.200. The van der Waals surface area contributed by atoms with E-state index in [1.807, 2.05) is 42.5 Å². The Morgan fingerprint density at radius 2 is 1.15 bits per heavy atom. The van der Waals surface area contributed by atoms with Crippen LogP contribution in [0, 0.1) is 0 Å².